The Balaban J connectivity index is 1.65. The van der Waals surface area contributed by atoms with Crippen molar-refractivity contribution in [1.29, 1.82) is 0 Å². The first kappa shape index (κ1) is 16.6. The number of ether oxygens (including phenoxy) is 1. The number of aryl methyl sites for hydroxylation is 1. The summed E-state index contributed by atoms with van der Waals surface area (Å²) in [7, 11) is 0. The summed E-state index contributed by atoms with van der Waals surface area (Å²) in [5.74, 6) is 0.865. The number of amides is 1. The minimum absolute atomic E-state index is 0.0221. The molecule has 0 aliphatic carbocycles. The molecular formula is C20H22N4O2. The first-order chi connectivity index (χ1) is 12.6. The second-order valence-corrected chi connectivity index (χ2v) is 6.65. The summed E-state index contributed by atoms with van der Waals surface area (Å²) in [4.78, 5) is 19.3. The number of carbonyl (C=O) groups is 1. The molecule has 6 heteroatoms. The normalized spacial score (nSPS) is 16.6. The fourth-order valence-electron chi connectivity index (χ4n) is 3.63. The third-order valence-corrected chi connectivity index (χ3v) is 4.91. The van der Waals surface area contributed by atoms with Crippen LogP contribution in [0.25, 0.3) is 5.65 Å². The second-order valence-electron chi connectivity index (χ2n) is 6.65. The van der Waals surface area contributed by atoms with Crippen molar-refractivity contribution < 1.29 is 9.53 Å². The maximum absolute atomic E-state index is 13.1. The van der Waals surface area contributed by atoms with E-state index in [0.717, 1.165) is 23.3 Å². The van der Waals surface area contributed by atoms with E-state index in [1.165, 1.54) is 5.56 Å². The number of hydrogen-bond donors (Lipinski definition) is 0. The van der Waals surface area contributed by atoms with Crippen LogP contribution in [0.1, 0.15) is 47.1 Å². The Bertz CT molecular complexity index is 979. The van der Waals surface area contributed by atoms with Crippen molar-refractivity contribution in [2.45, 2.75) is 33.2 Å². The fourth-order valence-corrected chi connectivity index (χ4v) is 3.63. The van der Waals surface area contributed by atoms with Gasteiger partial charge in [-0.2, -0.15) is 5.10 Å². The predicted molar refractivity (Wildman–Crippen MR) is 98.5 cm³/mol. The van der Waals surface area contributed by atoms with Gasteiger partial charge in [0.05, 0.1) is 12.6 Å². The highest BCUT2D eigenvalue weighted by atomic mass is 16.5. The molecule has 0 saturated carbocycles. The number of carbonyl (C=O) groups excluding carboxylic acids is 1. The van der Waals surface area contributed by atoms with Gasteiger partial charge < -0.3 is 9.64 Å². The van der Waals surface area contributed by atoms with E-state index in [-0.39, 0.29) is 11.9 Å². The Morgan fingerprint density at radius 2 is 2.23 bits per heavy atom. The van der Waals surface area contributed by atoms with E-state index in [9.17, 15) is 4.79 Å². The highest BCUT2D eigenvalue weighted by molar-refractivity contribution is 5.93. The van der Waals surface area contributed by atoms with Crippen molar-refractivity contribution in [3.05, 3.63) is 59.0 Å². The van der Waals surface area contributed by atoms with Gasteiger partial charge in [-0.25, -0.2) is 9.50 Å². The Labute approximate surface area is 152 Å². The molecule has 0 bridgehead atoms. The SMILES string of the molecule is CCOc1cccc2c1CCN(C(=O)c1cc3ncc(C)cn3n1)C2C. The molecule has 1 atom stereocenters. The van der Waals surface area contributed by atoms with Crippen LogP contribution in [0.3, 0.4) is 0 Å². The van der Waals surface area contributed by atoms with Gasteiger partial charge in [-0.1, -0.05) is 12.1 Å². The number of benzene rings is 1. The molecule has 3 aromatic rings. The van der Waals surface area contributed by atoms with Crippen LogP contribution in [0.2, 0.25) is 0 Å². The van der Waals surface area contributed by atoms with Crippen LogP contribution >= 0.6 is 0 Å². The van der Waals surface area contributed by atoms with E-state index < -0.39 is 0 Å². The molecule has 0 fully saturated rings. The molecule has 3 heterocycles. The second kappa shape index (κ2) is 6.44. The molecule has 1 aliphatic heterocycles. The quantitative estimate of drug-likeness (QED) is 0.728. The summed E-state index contributed by atoms with van der Waals surface area (Å²) in [5, 5.41) is 4.42. The minimum Gasteiger partial charge on any atom is -0.494 e. The molecule has 0 N–H and O–H groups in total. The van der Waals surface area contributed by atoms with Gasteiger partial charge in [0.25, 0.3) is 5.91 Å². The van der Waals surface area contributed by atoms with Gasteiger partial charge in [0.1, 0.15) is 5.75 Å². The van der Waals surface area contributed by atoms with Crippen LogP contribution in [-0.4, -0.2) is 38.6 Å². The highest BCUT2D eigenvalue weighted by Crippen LogP contribution is 2.35. The third kappa shape index (κ3) is 2.71. The van der Waals surface area contributed by atoms with Crippen molar-refractivity contribution in [2.75, 3.05) is 13.2 Å². The molecule has 1 aliphatic rings. The Kier molecular flexibility index (Phi) is 4.11. The molecule has 0 radical (unpaired) electrons. The molecule has 26 heavy (non-hydrogen) atoms. The van der Waals surface area contributed by atoms with E-state index in [2.05, 4.69) is 23.1 Å². The van der Waals surface area contributed by atoms with Crippen LogP contribution in [0.15, 0.2) is 36.7 Å². The van der Waals surface area contributed by atoms with E-state index in [1.54, 1.807) is 16.8 Å². The minimum atomic E-state index is -0.0619. The number of hydrogen-bond acceptors (Lipinski definition) is 4. The summed E-state index contributed by atoms with van der Waals surface area (Å²) in [6, 6.07) is 7.80. The number of fused-ring (bicyclic) bond motifs is 2. The molecule has 4 rings (SSSR count). The molecule has 0 spiro atoms. The predicted octanol–water partition coefficient (Wildman–Crippen LogP) is 3.20. The average molecular weight is 350 g/mol. The summed E-state index contributed by atoms with van der Waals surface area (Å²) >= 11 is 0. The summed E-state index contributed by atoms with van der Waals surface area (Å²) in [6.45, 7) is 7.29. The monoisotopic (exact) mass is 350 g/mol. The number of rotatable bonds is 3. The molecule has 134 valence electrons. The van der Waals surface area contributed by atoms with Crippen molar-refractivity contribution in [3.63, 3.8) is 0 Å². The van der Waals surface area contributed by atoms with Crippen LogP contribution in [-0.2, 0) is 6.42 Å². The van der Waals surface area contributed by atoms with Crippen LogP contribution in [0.4, 0.5) is 0 Å². The largest absolute Gasteiger partial charge is 0.494 e. The smallest absolute Gasteiger partial charge is 0.274 e. The maximum Gasteiger partial charge on any atom is 0.274 e. The lowest BCUT2D eigenvalue weighted by atomic mass is 9.92. The molecule has 0 saturated heterocycles. The van der Waals surface area contributed by atoms with Gasteiger partial charge in [-0.3, -0.25) is 4.79 Å². The molecular weight excluding hydrogens is 328 g/mol. The van der Waals surface area contributed by atoms with E-state index >= 15 is 0 Å². The van der Waals surface area contributed by atoms with E-state index in [1.807, 2.05) is 37.1 Å². The molecule has 2 aromatic heterocycles. The van der Waals surface area contributed by atoms with E-state index in [4.69, 9.17) is 4.74 Å². The van der Waals surface area contributed by atoms with Crippen LogP contribution in [0.5, 0.6) is 5.75 Å². The zero-order valence-electron chi connectivity index (χ0n) is 15.3. The van der Waals surface area contributed by atoms with Gasteiger partial charge in [0.2, 0.25) is 0 Å². The van der Waals surface area contributed by atoms with Crippen molar-refractivity contribution in [3.8, 4) is 5.75 Å². The summed E-state index contributed by atoms with van der Waals surface area (Å²) in [6.07, 6.45) is 4.44. The topological polar surface area (TPSA) is 59.7 Å². The summed E-state index contributed by atoms with van der Waals surface area (Å²) in [5.41, 5.74) is 4.47. The summed E-state index contributed by atoms with van der Waals surface area (Å²) < 4.78 is 7.42. The van der Waals surface area contributed by atoms with Crippen molar-refractivity contribution in [2.24, 2.45) is 0 Å². The first-order valence-electron chi connectivity index (χ1n) is 8.96. The molecule has 1 aromatic carbocycles. The lowest BCUT2D eigenvalue weighted by Crippen LogP contribution is -2.39. The van der Waals surface area contributed by atoms with Gasteiger partial charge >= 0.3 is 0 Å². The van der Waals surface area contributed by atoms with E-state index in [0.29, 0.717) is 24.5 Å². The average Bonchev–Trinajstić information content (AvgIpc) is 3.05. The zero-order valence-corrected chi connectivity index (χ0v) is 15.3. The Hall–Kier alpha value is -2.89. The van der Waals surface area contributed by atoms with Gasteiger partial charge in [-0.15, -0.1) is 0 Å². The van der Waals surface area contributed by atoms with Gasteiger partial charge in [0, 0.05) is 30.6 Å². The highest BCUT2D eigenvalue weighted by Gasteiger charge is 2.31. The standard InChI is InChI=1S/C20H22N4O2/c1-4-26-18-7-5-6-15-14(3)23(9-8-16(15)18)20(25)17-10-19-21-11-13(2)12-24(19)22-17/h5-7,10-12,14H,4,8-9H2,1-3H3. The van der Waals surface area contributed by atoms with Gasteiger partial charge in [-0.05, 0) is 44.4 Å². The Morgan fingerprint density at radius 3 is 3.04 bits per heavy atom. The molecule has 1 unspecified atom stereocenters. The lowest BCUT2D eigenvalue weighted by molar-refractivity contribution is 0.0669. The van der Waals surface area contributed by atoms with Crippen LogP contribution < -0.4 is 4.74 Å². The van der Waals surface area contributed by atoms with Crippen molar-refractivity contribution >= 4 is 11.6 Å². The molecule has 6 nitrogen and oxygen atoms in total. The van der Waals surface area contributed by atoms with Crippen LogP contribution in [0, 0.1) is 6.92 Å². The molecule has 1 amide bonds. The third-order valence-electron chi connectivity index (χ3n) is 4.91. The zero-order chi connectivity index (χ0) is 18.3. The van der Waals surface area contributed by atoms with Gasteiger partial charge in [0.15, 0.2) is 11.3 Å². The lowest BCUT2D eigenvalue weighted by Gasteiger charge is -2.35. The van der Waals surface area contributed by atoms with Crippen molar-refractivity contribution in [1.82, 2.24) is 19.5 Å². The fraction of sp³-hybridized carbons (Fsp3) is 0.350. The number of nitrogens with zero attached hydrogens (tertiary/aromatic N) is 4. The number of aromatic nitrogens is 3. The Morgan fingerprint density at radius 1 is 1.38 bits per heavy atom. The first-order valence-corrected chi connectivity index (χ1v) is 8.96. The maximum atomic E-state index is 13.1.